The maximum atomic E-state index is 11.6. The third-order valence-electron chi connectivity index (χ3n) is 2.38. The Hall–Kier alpha value is -1.62. The molecule has 2 N–H and O–H groups in total. The van der Waals surface area contributed by atoms with Crippen LogP contribution >= 0.6 is 0 Å². The number of aromatic hydroxyl groups is 1. The maximum absolute atomic E-state index is 11.6. The summed E-state index contributed by atoms with van der Waals surface area (Å²) in [6.07, 6.45) is 5.69. The van der Waals surface area contributed by atoms with E-state index in [9.17, 15) is 9.90 Å². The first-order chi connectivity index (χ1) is 8.74. The molecule has 0 saturated carbocycles. The average molecular weight is 252 g/mol. The molecule has 1 amide bonds. The summed E-state index contributed by atoms with van der Waals surface area (Å²) in [5.74, 6) is -0.238. The van der Waals surface area contributed by atoms with Gasteiger partial charge in [0.15, 0.2) is 0 Å². The van der Waals surface area contributed by atoms with Gasteiger partial charge in [-0.3, -0.25) is 9.78 Å². The number of pyridine rings is 1. The number of carbonyl (C=O) groups excluding carboxylic acids is 1. The molecule has 5 nitrogen and oxygen atoms in total. The van der Waals surface area contributed by atoms with E-state index >= 15 is 0 Å². The predicted octanol–water partition coefficient (Wildman–Crippen LogP) is 1.72. The largest absolute Gasteiger partial charge is 0.506 e. The van der Waals surface area contributed by atoms with Crippen LogP contribution in [0, 0.1) is 0 Å². The van der Waals surface area contributed by atoms with Gasteiger partial charge in [-0.15, -0.1) is 0 Å². The monoisotopic (exact) mass is 252 g/mol. The highest BCUT2D eigenvalue weighted by atomic mass is 16.5. The van der Waals surface area contributed by atoms with Crippen LogP contribution < -0.4 is 5.32 Å². The molecule has 5 heteroatoms. The van der Waals surface area contributed by atoms with Crippen LogP contribution in [-0.4, -0.2) is 35.8 Å². The normalized spacial score (nSPS) is 10.3. The fraction of sp³-hybridized carbons (Fsp3) is 0.538. The number of unbranched alkanes of at least 4 members (excludes halogenated alkanes) is 1. The third-order valence-corrected chi connectivity index (χ3v) is 2.38. The van der Waals surface area contributed by atoms with Gasteiger partial charge in [0.1, 0.15) is 5.75 Å². The first kappa shape index (κ1) is 14.4. The lowest BCUT2D eigenvalue weighted by Crippen LogP contribution is -2.25. The van der Waals surface area contributed by atoms with Gasteiger partial charge in [0.05, 0.1) is 11.8 Å². The summed E-state index contributed by atoms with van der Waals surface area (Å²) in [7, 11) is 0. The molecule has 100 valence electrons. The Bertz CT molecular complexity index is 369. The first-order valence-electron chi connectivity index (χ1n) is 6.24. The van der Waals surface area contributed by atoms with Crippen molar-refractivity contribution >= 4 is 5.91 Å². The lowest BCUT2D eigenvalue weighted by molar-refractivity contribution is 0.0939. The number of nitrogens with one attached hydrogen (secondary N) is 1. The molecule has 0 fully saturated rings. The second-order valence-electron chi connectivity index (χ2n) is 4.01. The minimum Gasteiger partial charge on any atom is -0.506 e. The van der Waals surface area contributed by atoms with E-state index in [1.54, 1.807) is 0 Å². The van der Waals surface area contributed by atoms with E-state index in [0.29, 0.717) is 18.7 Å². The number of amides is 1. The number of rotatable bonds is 8. The number of aromatic nitrogens is 1. The zero-order valence-corrected chi connectivity index (χ0v) is 10.7. The molecule has 18 heavy (non-hydrogen) atoms. The molecule has 1 rings (SSSR count). The van der Waals surface area contributed by atoms with Gasteiger partial charge >= 0.3 is 0 Å². The quantitative estimate of drug-likeness (QED) is 0.691. The molecule has 0 radical (unpaired) electrons. The van der Waals surface area contributed by atoms with E-state index in [1.165, 1.54) is 18.5 Å². The highest BCUT2D eigenvalue weighted by Gasteiger charge is 2.05. The summed E-state index contributed by atoms with van der Waals surface area (Å²) in [5.41, 5.74) is 0.363. The summed E-state index contributed by atoms with van der Waals surface area (Å²) in [6, 6.07) is 1.39. The van der Waals surface area contributed by atoms with E-state index in [-0.39, 0.29) is 11.7 Å². The second-order valence-corrected chi connectivity index (χ2v) is 4.01. The minimum absolute atomic E-state index is 0.00875. The fourth-order valence-corrected chi connectivity index (χ4v) is 1.38. The van der Waals surface area contributed by atoms with Gasteiger partial charge in [-0.1, -0.05) is 13.3 Å². The molecule has 0 spiro atoms. The van der Waals surface area contributed by atoms with Gasteiger partial charge in [-0.05, 0) is 18.9 Å². The summed E-state index contributed by atoms with van der Waals surface area (Å²) in [4.78, 5) is 15.4. The molecule has 1 aromatic heterocycles. The van der Waals surface area contributed by atoms with E-state index in [1.807, 2.05) is 0 Å². The van der Waals surface area contributed by atoms with Crippen LogP contribution in [0.2, 0.25) is 0 Å². The van der Waals surface area contributed by atoms with Crippen LogP contribution in [0.1, 0.15) is 36.5 Å². The first-order valence-corrected chi connectivity index (χ1v) is 6.24. The standard InChI is InChI=1S/C13H20N2O3/c1-2-3-6-18-7-4-5-15-13(17)11-8-12(16)10-14-9-11/h8-10,16H,2-7H2,1H3,(H,15,17). The Morgan fingerprint density at radius 1 is 1.39 bits per heavy atom. The van der Waals surface area contributed by atoms with Crippen molar-refractivity contribution < 1.29 is 14.6 Å². The minimum atomic E-state index is -0.230. The van der Waals surface area contributed by atoms with E-state index in [0.717, 1.165) is 25.9 Å². The number of carbonyl (C=O) groups is 1. The van der Waals surface area contributed by atoms with E-state index in [4.69, 9.17) is 4.74 Å². The van der Waals surface area contributed by atoms with Crippen LogP contribution in [0.5, 0.6) is 5.75 Å². The summed E-state index contributed by atoms with van der Waals surface area (Å²) in [6.45, 7) is 4.10. The van der Waals surface area contributed by atoms with Crippen LogP contribution in [0.15, 0.2) is 18.5 Å². The molecule has 1 heterocycles. The molecule has 0 aliphatic heterocycles. The maximum Gasteiger partial charge on any atom is 0.252 e. The van der Waals surface area contributed by atoms with Crippen molar-refractivity contribution in [1.82, 2.24) is 10.3 Å². The van der Waals surface area contributed by atoms with Crippen LogP contribution in [0.3, 0.4) is 0 Å². The topological polar surface area (TPSA) is 71.5 Å². The van der Waals surface area contributed by atoms with Crippen molar-refractivity contribution in [2.45, 2.75) is 26.2 Å². The van der Waals surface area contributed by atoms with Crippen molar-refractivity contribution in [2.75, 3.05) is 19.8 Å². The zero-order chi connectivity index (χ0) is 13.2. The smallest absolute Gasteiger partial charge is 0.252 e. The Kier molecular flexibility index (Phi) is 6.79. The molecular weight excluding hydrogens is 232 g/mol. The molecule has 0 atom stereocenters. The molecule has 0 aliphatic carbocycles. The van der Waals surface area contributed by atoms with E-state index in [2.05, 4.69) is 17.2 Å². The molecule has 0 saturated heterocycles. The third kappa shape index (κ3) is 5.63. The Morgan fingerprint density at radius 2 is 2.17 bits per heavy atom. The Labute approximate surface area is 107 Å². The van der Waals surface area contributed by atoms with Crippen molar-refractivity contribution in [1.29, 1.82) is 0 Å². The molecule has 0 aromatic carbocycles. The van der Waals surface area contributed by atoms with Gasteiger partial charge in [0.2, 0.25) is 0 Å². The van der Waals surface area contributed by atoms with E-state index < -0.39 is 0 Å². The Morgan fingerprint density at radius 3 is 2.89 bits per heavy atom. The highest BCUT2D eigenvalue weighted by Crippen LogP contribution is 2.07. The van der Waals surface area contributed by atoms with Gasteiger partial charge in [0.25, 0.3) is 5.91 Å². The summed E-state index contributed by atoms with van der Waals surface area (Å²) < 4.78 is 5.38. The number of ether oxygens (including phenoxy) is 1. The van der Waals surface area contributed by atoms with Gasteiger partial charge < -0.3 is 15.2 Å². The number of nitrogens with zero attached hydrogens (tertiary/aromatic N) is 1. The van der Waals surface area contributed by atoms with Gasteiger partial charge in [-0.2, -0.15) is 0 Å². The fourth-order valence-electron chi connectivity index (χ4n) is 1.38. The molecule has 0 unspecified atom stereocenters. The zero-order valence-electron chi connectivity index (χ0n) is 10.7. The van der Waals surface area contributed by atoms with Crippen LogP contribution in [-0.2, 0) is 4.74 Å². The van der Waals surface area contributed by atoms with Gasteiger partial charge in [-0.25, -0.2) is 0 Å². The van der Waals surface area contributed by atoms with Crippen molar-refractivity contribution in [3.05, 3.63) is 24.0 Å². The SMILES string of the molecule is CCCCOCCCNC(=O)c1cncc(O)c1. The summed E-state index contributed by atoms with van der Waals surface area (Å²) >= 11 is 0. The molecule has 0 aliphatic rings. The average Bonchev–Trinajstić information content (AvgIpc) is 2.37. The second kappa shape index (κ2) is 8.47. The number of hydrogen-bond donors (Lipinski definition) is 2. The highest BCUT2D eigenvalue weighted by molar-refractivity contribution is 5.94. The lowest BCUT2D eigenvalue weighted by atomic mass is 10.2. The van der Waals surface area contributed by atoms with Gasteiger partial charge in [0, 0.05) is 26.0 Å². The molecule has 1 aromatic rings. The molecular formula is C13H20N2O3. The Balaban J connectivity index is 2.14. The summed E-state index contributed by atoms with van der Waals surface area (Å²) in [5, 5.41) is 11.9. The van der Waals surface area contributed by atoms with Crippen molar-refractivity contribution in [2.24, 2.45) is 0 Å². The predicted molar refractivity (Wildman–Crippen MR) is 68.6 cm³/mol. The van der Waals surface area contributed by atoms with Crippen LogP contribution in [0.4, 0.5) is 0 Å². The van der Waals surface area contributed by atoms with Crippen LogP contribution in [0.25, 0.3) is 0 Å². The number of hydrogen-bond acceptors (Lipinski definition) is 4. The van der Waals surface area contributed by atoms with Crippen molar-refractivity contribution in [3.63, 3.8) is 0 Å². The lowest BCUT2D eigenvalue weighted by Gasteiger charge is -2.06. The molecule has 0 bridgehead atoms. The van der Waals surface area contributed by atoms with Crippen molar-refractivity contribution in [3.8, 4) is 5.75 Å².